The zero-order valence-electron chi connectivity index (χ0n) is 14.5. The molecule has 2 aromatic rings. The third kappa shape index (κ3) is 3.50. The third-order valence-electron chi connectivity index (χ3n) is 3.53. The molecule has 0 bridgehead atoms. The molecule has 0 saturated carbocycles. The van der Waals surface area contributed by atoms with Gasteiger partial charge in [0.2, 0.25) is 0 Å². The Morgan fingerprint density at radius 2 is 1.74 bits per heavy atom. The van der Waals surface area contributed by atoms with Gasteiger partial charge in [0, 0.05) is 29.1 Å². The topological polar surface area (TPSA) is 63.5 Å². The van der Waals surface area contributed by atoms with Gasteiger partial charge in [-0.3, -0.25) is 4.79 Å². The zero-order valence-corrected chi connectivity index (χ0v) is 14.5. The number of aromatic nitrogens is 1. The zero-order chi connectivity index (χ0) is 17.4. The molecule has 1 aromatic carbocycles. The van der Waals surface area contributed by atoms with Crippen molar-refractivity contribution in [1.29, 1.82) is 0 Å². The number of carbonyl (C=O) groups excluding carboxylic acids is 1. The summed E-state index contributed by atoms with van der Waals surface area (Å²) in [5, 5.41) is 13.2. The van der Waals surface area contributed by atoms with Crippen LogP contribution in [0.25, 0.3) is 5.69 Å². The van der Waals surface area contributed by atoms with Gasteiger partial charge in [-0.2, -0.15) is 0 Å². The third-order valence-corrected chi connectivity index (χ3v) is 3.53. The van der Waals surface area contributed by atoms with Crippen molar-refractivity contribution in [3.8, 4) is 17.2 Å². The van der Waals surface area contributed by atoms with Crippen LogP contribution in [-0.2, 0) is 0 Å². The Bertz CT molecular complexity index is 720. The lowest BCUT2D eigenvalue weighted by Gasteiger charge is -2.22. The molecule has 0 aliphatic heterocycles. The molecule has 2 N–H and O–H groups in total. The summed E-state index contributed by atoms with van der Waals surface area (Å²) in [6.45, 7) is 9.62. The van der Waals surface area contributed by atoms with Crippen LogP contribution in [0.2, 0.25) is 0 Å². The average Bonchev–Trinajstić information content (AvgIpc) is 2.74. The van der Waals surface area contributed by atoms with Gasteiger partial charge in [-0.1, -0.05) is 0 Å². The first-order chi connectivity index (χ1) is 10.6. The van der Waals surface area contributed by atoms with Crippen molar-refractivity contribution in [3.63, 3.8) is 0 Å². The van der Waals surface area contributed by atoms with E-state index in [1.165, 1.54) is 7.11 Å². The van der Waals surface area contributed by atoms with Crippen LogP contribution in [0.4, 0.5) is 0 Å². The van der Waals surface area contributed by atoms with Crippen LogP contribution in [0.1, 0.15) is 42.5 Å². The number of methoxy groups -OCH3 is 1. The lowest BCUT2D eigenvalue weighted by Crippen LogP contribution is -2.40. The molecular weight excluding hydrogens is 292 g/mol. The van der Waals surface area contributed by atoms with E-state index in [4.69, 9.17) is 4.74 Å². The summed E-state index contributed by atoms with van der Waals surface area (Å²) < 4.78 is 7.34. The maximum Gasteiger partial charge on any atom is 0.259 e. The summed E-state index contributed by atoms with van der Waals surface area (Å²) in [5.41, 5.74) is 2.58. The molecule has 1 amide bonds. The van der Waals surface area contributed by atoms with Crippen LogP contribution in [0.15, 0.2) is 24.3 Å². The minimum Gasteiger partial charge on any atom is -0.507 e. The summed E-state index contributed by atoms with van der Waals surface area (Å²) in [6, 6.07) is 7.34. The van der Waals surface area contributed by atoms with Crippen LogP contribution in [-0.4, -0.2) is 28.2 Å². The first-order valence-electron chi connectivity index (χ1n) is 7.53. The molecule has 124 valence electrons. The van der Waals surface area contributed by atoms with E-state index < -0.39 is 5.54 Å². The molecule has 0 spiro atoms. The van der Waals surface area contributed by atoms with Crippen LogP contribution >= 0.6 is 0 Å². The van der Waals surface area contributed by atoms with Gasteiger partial charge in [0.05, 0.1) is 12.8 Å². The monoisotopic (exact) mass is 316 g/mol. The number of hydrogen-bond donors (Lipinski definition) is 2. The average molecular weight is 316 g/mol. The van der Waals surface area contributed by atoms with E-state index in [0.29, 0.717) is 5.75 Å². The molecule has 23 heavy (non-hydrogen) atoms. The highest BCUT2D eigenvalue weighted by Gasteiger charge is 2.23. The van der Waals surface area contributed by atoms with Crippen molar-refractivity contribution < 1.29 is 14.6 Å². The van der Waals surface area contributed by atoms with Gasteiger partial charge < -0.3 is 19.7 Å². The lowest BCUT2D eigenvalue weighted by molar-refractivity contribution is 0.0913. The minimum absolute atomic E-state index is 0.103. The van der Waals surface area contributed by atoms with E-state index in [1.807, 2.05) is 51.3 Å². The van der Waals surface area contributed by atoms with Gasteiger partial charge in [0.25, 0.3) is 5.91 Å². The number of ether oxygens (including phenoxy) is 1. The van der Waals surface area contributed by atoms with E-state index >= 15 is 0 Å². The van der Waals surface area contributed by atoms with Crippen molar-refractivity contribution in [1.82, 2.24) is 9.88 Å². The second-order valence-corrected chi connectivity index (χ2v) is 6.70. The molecule has 2 rings (SSSR count). The number of carbonyl (C=O) groups is 1. The predicted octanol–water partition coefficient (Wildman–Crippen LogP) is 3.34. The first kappa shape index (κ1) is 16.9. The number of nitrogens with zero attached hydrogens (tertiary/aromatic N) is 1. The van der Waals surface area contributed by atoms with Crippen molar-refractivity contribution in [2.24, 2.45) is 0 Å². The molecule has 5 heteroatoms. The fraction of sp³-hybridized carbons (Fsp3) is 0.389. The predicted molar refractivity (Wildman–Crippen MR) is 90.7 cm³/mol. The number of rotatable bonds is 3. The summed E-state index contributed by atoms with van der Waals surface area (Å²) in [5.74, 6) is -0.123. The molecule has 1 aromatic heterocycles. The van der Waals surface area contributed by atoms with Crippen molar-refractivity contribution >= 4 is 5.91 Å². The van der Waals surface area contributed by atoms with Gasteiger partial charge >= 0.3 is 0 Å². The smallest absolute Gasteiger partial charge is 0.259 e. The van der Waals surface area contributed by atoms with Crippen molar-refractivity contribution in [3.05, 3.63) is 41.2 Å². The SMILES string of the molecule is COc1cc(-n2c(C)ccc2C)cc(O)c1C(=O)NC(C)(C)C. The highest BCUT2D eigenvalue weighted by molar-refractivity contribution is 6.00. The lowest BCUT2D eigenvalue weighted by atomic mass is 10.1. The highest BCUT2D eigenvalue weighted by Crippen LogP contribution is 2.33. The van der Waals surface area contributed by atoms with E-state index in [1.54, 1.807) is 12.1 Å². The van der Waals surface area contributed by atoms with E-state index in [0.717, 1.165) is 17.1 Å². The summed E-state index contributed by atoms with van der Waals surface area (Å²) in [7, 11) is 1.49. The Balaban J connectivity index is 2.54. The van der Waals surface area contributed by atoms with Gasteiger partial charge in [0.15, 0.2) is 0 Å². The molecule has 0 fully saturated rings. The number of phenols is 1. The fourth-order valence-corrected chi connectivity index (χ4v) is 2.58. The number of phenolic OH excluding ortho intramolecular Hbond substituents is 1. The van der Waals surface area contributed by atoms with Gasteiger partial charge in [0.1, 0.15) is 17.1 Å². The first-order valence-corrected chi connectivity index (χ1v) is 7.53. The summed E-state index contributed by atoms with van der Waals surface area (Å²) in [6.07, 6.45) is 0. The highest BCUT2D eigenvalue weighted by atomic mass is 16.5. The van der Waals surface area contributed by atoms with Gasteiger partial charge in [-0.15, -0.1) is 0 Å². The summed E-state index contributed by atoms with van der Waals surface area (Å²) in [4.78, 5) is 12.4. The standard InChI is InChI=1S/C18H24N2O3/c1-11-7-8-12(2)20(11)13-9-14(21)16(15(10-13)23-6)17(22)19-18(3,4)5/h7-10,21H,1-6H3,(H,19,22). The van der Waals surface area contributed by atoms with E-state index in [9.17, 15) is 9.90 Å². The van der Waals surface area contributed by atoms with Gasteiger partial charge in [-0.25, -0.2) is 0 Å². The fourth-order valence-electron chi connectivity index (χ4n) is 2.58. The Morgan fingerprint density at radius 3 is 2.22 bits per heavy atom. The number of benzene rings is 1. The minimum atomic E-state index is -0.402. The molecule has 0 atom stereocenters. The van der Waals surface area contributed by atoms with Crippen LogP contribution in [0.3, 0.4) is 0 Å². The Labute approximate surface area is 136 Å². The number of hydrogen-bond acceptors (Lipinski definition) is 3. The summed E-state index contributed by atoms with van der Waals surface area (Å²) >= 11 is 0. The van der Waals surface area contributed by atoms with Crippen molar-refractivity contribution in [2.45, 2.75) is 40.2 Å². The maximum absolute atomic E-state index is 12.4. The quantitative estimate of drug-likeness (QED) is 0.913. The van der Waals surface area contributed by atoms with Gasteiger partial charge in [-0.05, 0) is 46.8 Å². The Kier molecular flexibility index (Phi) is 4.41. The largest absolute Gasteiger partial charge is 0.507 e. The van der Waals surface area contributed by atoms with E-state index in [2.05, 4.69) is 5.32 Å². The number of aryl methyl sites for hydroxylation is 2. The second-order valence-electron chi connectivity index (χ2n) is 6.70. The molecule has 1 heterocycles. The Hall–Kier alpha value is -2.43. The second kappa shape index (κ2) is 5.99. The molecule has 0 aliphatic rings. The molecular formula is C18H24N2O3. The number of aromatic hydroxyl groups is 1. The van der Waals surface area contributed by atoms with Crippen LogP contribution in [0.5, 0.6) is 11.5 Å². The molecule has 0 saturated heterocycles. The van der Waals surface area contributed by atoms with Crippen LogP contribution in [0, 0.1) is 13.8 Å². The molecule has 0 aliphatic carbocycles. The molecule has 0 radical (unpaired) electrons. The normalized spacial score (nSPS) is 11.4. The number of amides is 1. The van der Waals surface area contributed by atoms with E-state index in [-0.39, 0.29) is 17.2 Å². The molecule has 0 unspecified atom stereocenters. The van der Waals surface area contributed by atoms with Crippen molar-refractivity contribution in [2.75, 3.05) is 7.11 Å². The maximum atomic E-state index is 12.4. The Morgan fingerprint density at radius 1 is 1.17 bits per heavy atom. The van der Waals surface area contributed by atoms with Crippen LogP contribution < -0.4 is 10.1 Å². The number of nitrogens with one attached hydrogen (secondary N) is 1. The molecule has 5 nitrogen and oxygen atoms in total.